The van der Waals surface area contributed by atoms with E-state index in [1.165, 1.54) is 25.9 Å². The van der Waals surface area contributed by atoms with Crippen molar-refractivity contribution in [3.05, 3.63) is 24.2 Å². The number of H-pyrrole nitrogens is 1. The Hall–Kier alpha value is -1.95. The van der Waals surface area contributed by atoms with E-state index in [1.807, 2.05) is 12.1 Å². The van der Waals surface area contributed by atoms with Crippen LogP contribution >= 0.6 is 0 Å². The van der Waals surface area contributed by atoms with Crippen molar-refractivity contribution in [2.24, 2.45) is 5.92 Å². The van der Waals surface area contributed by atoms with Crippen molar-refractivity contribution in [3.8, 4) is 0 Å². The first-order valence-electron chi connectivity index (χ1n) is 7.13. The van der Waals surface area contributed by atoms with Gasteiger partial charge in [-0.3, -0.25) is 4.79 Å². The van der Waals surface area contributed by atoms with Crippen molar-refractivity contribution < 1.29 is 4.79 Å². The lowest BCUT2D eigenvalue weighted by Gasteiger charge is -2.44. The fourth-order valence-electron chi connectivity index (χ4n) is 3.32. The number of aromatic amines is 1. The summed E-state index contributed by atoms with van der Waals surface area (Å²) in [5.74, 6) is 0.850. The summed E-state index contributed by atoms with van der Waals surface area (Å²) >= 11 is 0. The largest absolute Gasteiger partial charge is 0.345 e. The summed E-state index contributed by atoms with van der Waals surface area (Å²) in [7, 11) is 0. The fraction of sp³-hybridized carbons (Fsp3) is 0.500. The smallest absolute Gasteiger partial charge is 0.287 e. The van der Waals surface area contributed by atoms with Gasteiger partial charge in [0, 0.05) is 18.8 Å². The summed E-state index contributed by atoms with van der Waals surface area (Å²) in [6.45, 7) is 3.31. The summed E-state index contributed by atoms with van der Waals surface area (Å²) in [6, 6.07) is 3.96. The predicted molar refractivity (Wildman–Crippen MR) is 74.3 cm³/mol. The number of aromatic nitrogens is 3. The lowest BCUT2D eigenvalue weighted by Crippen LogP contribution is -2.57. The molecule has 0 radical (unpaired) electrons. The molecular weight excluding hydrogens is 254 g/mol. The third-order valence-electron chi connectivity index (χ3n) is 4.45. The zero-order valence-corrected chi connectivity index (χ0v) is 11.2. The average molecular weight is 271 g/mol. The van der Waals surface area contributed by atoms with Gasteiger partial charge in [0.05, 0.1) is 5.52 Å². The molecule has 5 heterocycles. The van der Waals surface area contributed by atoms with E-state index in [0.717, 1.165) is 12.1 Å². The van der Waals surface area contributed by atoms with Crippen LogP contribution in [0.5, 0.6) is 0 Å². The second-order valence-corrected chi connectivity index (χ2v) is 5.68. The molecule has 2 N–H and O–H groups in total. The molecule has 2 bridgehead atoms. The number of rotatable bonds is 2. The SMILES string of the molecule is O=C(N[C@@H]1CN2CCC1CC2)c1nc2ncccc2[nH]1. The normalized spacial score (nSPS) is 28.7. The number of fused-ring (bicyclic) bond motifs is 4. The van der Waals surface area contributed by atoms with Crippen LogP contribution in [0.25, 0.3) is 11.2 Å². The van der Waals surface area contributed by atoms with Crippen LogP contribution in [0.15, 0.2) is 18.3 Å². The average Bonchev–Trinajstić information content (AvgIpc) is 2.92. The van der Waals surface area contributed by atoms with E-state index in [4.69, 9.17) is 0 Å². The molecule has 0 spiro atoms. The molecule has 104 valence electrons. The molecule has 2 aromatic rings. The number of piperidine rings is 3. The molecule has 3 fully saturated rings. The van der Waals surface area contributed by atoms with Crippen LogP contribution in [0.4, 0.5) is 0 Å². The Kier molecular flexibility index (Phi) is 2.70. The molecule has 0 saturated carbocycles. The summed E-state index contributed by atoms with van der Waals surface area (Å²) < 4.78 is 0. The molecule has 3 aliphatic heterocycles. The van der Waals surface area contributed by atoms with Crippen LogP contribution in [-0.2, 0) is 0 Å². The van der Waals surface area contributed by atoms with Crippen LogP contribution in [0, 0.1) is 5.92 Å². The van der Waals surface area contributed by atoms with Gasteiger partial charge in [-0.25, -0.2) is 9.97 Å². The van der Waals surface area contributed by atoms with Gasteiger partial charge in [0.2, 0.25) is 0 Å². The van der Waals surface area contributed by atoms with E-state index in [9.17, 15) is 4.79 Å². The summed E-state index contributed by atoms with van der Waals surface area (Å²) in [5.41, 5.74) is 1.39. The van der Waals surface area contributed by atoms with Crippen molar-refractivity contribution in [2.75, 3.05) is 19.6 Å². The van der Waals surface area contributed by atoms with Gasteiger partial charge in [-0.15, -0.1) is 0 Å². The minimum absolute atomic E-state index is 0.123. The molecule has 0 aromatic carbocycles. The van der Waals surface area contributed by atoms with E-state index in [-0.39, 0.29) is 11.9 Å². The lowest BCUT2D eigenvalue weighted by atomic mass is 9.84. The van der Waals surface area contributed by atoms with E-state index in [0.29, 0.717) is 17.4 Å². The Morgan fingerprint density at radius 1 is 1.40 bits per heavy atom. The van der Waals surface area contributed by atoms with E-state index in [2.05, 4.69) is 25.2 Å². The molecule has 6 heteroatoms. The lowest BCUT2D eigenvalue weighted by molar-refractivity contribution is 0.0615. The standard InChI is InChI=1S/C14H17N5O/c20-14(13-16-10-2-1-5-15-12(10)18-13)17-11-8-19-6-3-9(11)4-7-19/h1-2,5,9,11H,3-4,6-8H2,(H,17,20)(H,15,16,18)/t11-/m1/s1. The van der Waals surface area contributed by atoms with Gasteiger partial charge in [0.25, 0.3) is 5.91 Å². The number of imidazole rings is 1. The second kappa shape index (κ2) is 4.56. The van der Waals surface area contributed by atoms with Crippen LogP contribution in [-0.4, -0.2) is 51.4 Å². The van der Waals surface area contributed by atoms with E-state index >= 15 is 0 Å². The molecule has 20 heavy (non-hydrogen) atoms. The zero-order valence-electron chi connectivity index (χ0n) is 11.2. The fourth-order valence-corrected chi connectivity index (χ4v) is 3.32. The Labute approximate surface area is 116 Å². The highest BCUT2D eigenvalue weighted by atomic mass is 16.2. The molecular formula is C14H17N5O. The summed E-state index contributed by atoms with van der Waals surface area (Å²) in [6.07, 6.45) is 4.05. The number of carbonyl (C=O) groups is 1. The van der Waals surface area contributed by atoms with Gasteiger partial charge >= 0.3 is 0 Å². The molecule has 1 atom stereocenters. The first kappa shape index (κ1) is 11.8. The molecule has 1 amide bonds. The van der Waals surface area contributed by atoms with Gasteiger partial charge < -0.3 is 15.2 Å². The molecule has 3 aliphatic rings. The van der Waals surface area contributed by atoms with Crippen molar-refractivity contribution in [3.63, 3.8) is 0 Å². The van der Waals surface area contributed by atoms with Crippen LogP contribution in [0.3, 0.4) is 0 Å². The Balaban J connectivity index is 1.52. The van der Waals surface area contributed by atoms with Crippen molar-refractivity contribution in [1.82, 2.24) is 25.2 Å². The quantitative estimate of drug-likeness (QED) is 0.846. The van der Waals surface area contributed by atoms with Crippen molar-refractivity contribution >= 4 is 17.1 Å². The maximum absolute atomic E-state index is 12.3. The topological polar surface area (TPSA) is 73.9 Å². The first-order valence-corrected chi connectivity index (χ1v) is 7.13. The maximum atomic E-state index is 12.3. The number of hydrogen-bond donors (Lipinski definition) is 2. The highest BCUT2D eigenvalue weighted by Crippen LogP contribution is 2.27. The van der Waals surface area contributed by atoms with Gasteiger partial charge in [-0.05, 0) is 44.0 Å². The van der Waals surface area contributed by atoms with Crippen molar-refractivity contribution in [2.45, 2.75) is 18.9 Å². The summed E-state index contributed by atoms with van der Waals surface area (Å²) in [5, 5.41) is 3.13. The number of hydrogen-bond acceptors (Lipinski definition) is 4. The Morgan fingerprint density at radius 2 is 2.25 bits per heavy atom. The third kappa shape index (κ3) is 1.96. The molecule has 0 aliphatic carbocycles. The highest BCUT2D eigenvalue weighted by molar-refractivity contribution is 5.93. The number of nitrogens with one attached hydrogen (secondary N) is 2. The maximum Gasteiger partial charge on any atom is 0.287 e. The zero-order chi connectivity index (χ0) is 13.5. The third-order valence-corrected chi connectivity index (χ3v) is 4.45. The molecule has 2 aromatic heterocycles. The number of nitrogens with zero attached hydrogens (tertiary/aromatic N) is 3. The second-order valence-electron chi connectivity index (χ2n) is 5.68. The Morgan fingerprint density at radius 3 is 2.95 bits per heavy atom. The highest BCUT2D eigenvalue weighted by Gasteiger charge is 2.35. The monoisotopic (exact) mass is 271 g/mol. The van der Waals surface area contributed by atoms with E-state index < -0.39 is 0 Å². The van der Waals surface area contributed by atoms with Crippen LogP contribution in [0.1, 0.15) is 23.5 Å². The molecule has 5 rings (SSSR count). The number of carbonyl (C=O) groups excluding carboxylic acids is 1. The predicted octanol–water partition coefficient (Wildman–Crippen LogP) is 0.782. The van der Waals surface area contributed by atoms with E-state index in [1.54, 1.807) is 6.20 Å². The number of pyridine rings is 1. The molecule has 0 unspecified atom stereocenters. The Bertz CT molecular complexity index is 611. The van der Waals surface area contributed by atoms with Crippen molar-refractivity contribution in [1.29, 1.82) is 0 Å². The molecule has 6 nitrogen and oxygen atoms in total. The minimum atomic E-state index is -0.123. The van der Waals surface area contributed by atoms with Gasteiger partial charge in [-0.2, -0.15) is 0 Å². The van der Waals surface area contributed by atoms with Gasteiger partial charge in [0.15, 0.2) is 11.5 Å². The van der Waals surface area contributed by atoms with Gasteiger partial charge in [0.1, 0.15) is 0 Å². The first-order chi connectivity index (χ1) is 9.79. The van der Waals surface area contributed by atoms with Gasteiger partial charge in [-0.1, -0.05) is 0 Å². The minimum Gasteiger partial charge on any atom is -0.345 e. The summed E-state index contributed by atoms with van der Waals surface area (Å²) in [4.78, 5) is 26.1. The van der Waals surface area contributed by atoms with Crippen LogP contribution < -0.4 is 5.32 Å². The number of amides is 1. The van der Waals surface area contributed by atoms with Crippen LogP contribution in [0.2, 0.25) is 0 Å². The molecule has 3 saturated heterocycles.